The van der Waals surface area contributed by atoms with E-state index in [9.17, 15) is 0 Å². The highest BCUT2D eigenvalue weighted by Crippen LogP contribution is 2.65. The fraction of sp³-hybridized carbons (Fsp3) is 0.647. The molecule has 2 bridgehead atoms. The summed E-state index contributed by atoms with van der Waals surface area (Å²) in [5.74, 6) is 5.08. The summed E-state index contributed by atoms with van der Waals surface area (Å²) in [6.07, 6.45) is 4.51. The van der Waals surface area contributed by atoms with Crippen LogP contribution in [-0.4, -0.2) is 13.2 Å². The molecular weight excluding hydrogens is 234 g/mol. The van der Waals surface area contributed by atoms with Gasteiger partial charge in [0.05, 0.1) is 7.11 Å². The lowest BCUT2D eigenvalue weighted by Crippen LogP contribution is -2.26. The van der Waals surface area contributed by atoms with Crippen molar-refractivity contribution in [3.8, 4) is 5.75 Å². The number of para-hydroxylation sites is 1. The Kier molecular flexibility index (Phi) is 2.63. The minimum atomic E-state index is 0.395. The van der Waals surface area contributed by atoms with E-state index in [1.165, 1.54) is 24.8 Å². The molecule has 0 heterocycles. The summed E-state index contributed by atoms with van der Waals surface area (Å²) in [5.41, 5.74) is 1.29. The van der Waals surface area contributed by atoms with Crippen LogP contribution in [0.5, 0.6) is 5.75 Å². The molecule has 3 aliphatic rings. The SMILES string of the molecule is COc1ccccc1C(C)NC1C2C3CCC(C3)C12. The van der Waals surface area contributed by atoms with Gasteiger partial charge < -0.3 is 10.1 Å². The molecule has 0 amide bonds. The van der Waals surface area contributed by atoms with Crippen molar-refractivity contribution in [1.82, 2.24) is 5.32 Å². The third kappa shape index (κ3) is 1.73. The van der Waals surface area contributed by atoms with Crippen LogP contribution in [0.25, 0.3) is 0 Å². The average molecular weight is 257 g/mol. The van der Waals surface area contributed by atoms with E-state index in [-0.39, 0.29) is 0 Å². The van der Waals surface area contributed by atoms with Gasteiger partial charge in [0, 0.05) is 17.6 Å². The molecule has 3 aliphatic carbocycles. The van der Waals surface area contributed by atoms with E-state index in [0.717, 1.165) is 35.5 Å². The number of hydrogen-bond donors (Lipinski definition) is 1. The number of ether oxygens (including phenoxy) is 1. The lowest BCUT2D eigenvalue weighted by molar-refractivity contribution is 0.392. The maximum atomic E-state index is 5.48. The van der Waals surface area contributed by atoms with Gasteiger partial charge >= 0.3 is 0 Å². The molecule has 0 aromatic heterocycles. The first-order valence-electron chi connectivity index (χ1n) is 7.68. The van der Waals surface area contributed by atoms with Crippen molar-refractivity contribution in [2.24, 2.45) is 23.7 Å². The zero-order valence-corrected chi connectivity index (χ0v) is 11.8. The number of fused-ring (bicyclic) bond motifs is 5. The number of benzene rings is 1. The molecule has 1 aromatic carbocycles. The van der Waals surface area contributed by atoms with Crippen LogP contribution in [-0.2, 0) is 0 Å². The summed E-state index contributed by atoms with van der Waals surface area (Å²) in [6, 6.07) is 9.57. The van der Waals surface area contributed by atoms with Crippen molar-refractivity contribution >= 4 is 0 Å². The molecule has 5 unspecified atom stereocenters. The van der Waals surface area contributed by atoms with Crippen molar-refractivity contribution < 1.29 is 4.74 Å². The second-order valence-corrected chi connectivity index (χ2v) is 6.64. The van der Waals surface area contributed by atoms with Crippen molar-refractivity contribution in [2.75, 3.05) is 7.11 Å². The third-order valence-electron chi connectivity index (χ3n) is 5.78. The molecule has 1 N–H and O–H groups in total. The molecule has 0 radical (unpaired) electrons. The van der Waals surface area contributed by atoms with Crippen molar-refractivity contribution in [1.29, 1.82) is 0 Å². The van der Waals surface area contributed by atoms with Gasteiger partial charge in [0.2, 0.25) is 0 Å². The minimum Gasteiger partial charge on any atom is -0.496 e. The smallest absolute Gasteiger partial charge is 0.123 e. The third-order valence-corrected chi connectivity index (χ3v) is 5.78. The van der Waals surface area contributed by atoms with Gasteiger partial charge in [-0.3, -0.25) is 0 Å². The lowest BCUT2D eigenvalue weighted by Gasteiger charge is -2.19. The summed E-state index contributed by atoms with van der Waals surface area (Å²) < 4.78 is 5.48. The Morgan fingerprint density at radius 2 is 1.84 bits per heavy atom. The maximum absolute atomic E-state index is 5.48. The van der Waals surface area contributed by atoms with Gasteiger partial charge in [0.25, 0.3) is 0 Å². The first-order valence-corrected chi connectivity index (χ1v) is 7.68. The Balaban J connectivity index is 1.47. The lowest BCUT2D eigenvalue weighted by atomic mass is 10.0. The fourth-order valence-electron chi connectivity index (χ4n) is 4.95. The first-order chi connectivity index (χ1) is 9.29. The van der Waals surface area contributed by atoms with Crippen LogP contribution >= 0.6 is 0 Å². The van der Waals surface area contributed by atoms with Crippen LogP contribution in [0.15, 0.2) is 24.3 Å². The zero-order valence-electron chi connectivity index (χ0n) is 11.8. The van der Waals surface area contributed by atoms with E-state index >= 15 is 0 Å². The van der Waals surface area contributed by atoms with E-state index < -0.39 is 0 Å². The summed E-state index contributed by atoms with van der Waals surface area (Å²) in [5, 5.41) is 3.87. The van der Waals surface area contributed by atoms with Crippen LogP contribution in [0.4, 0.5) is 0 Å². The van der Waals surface area contributed by atoms with Gasteiger partial charge in [0.1, 0.15) is 5.75 Å². The van der Waals surface area contributed by atoms with E-state index in [0.29, 0.717) is 6.04 Å². The maximum Gasteiger partial charge on any atom is 0.123 e. The molecule has 5 atom stereocenters. The summed E-state index contributed by atoms with van der Waals surface area (Å²) in [4.78, 5) is 0. The van der Waals surface area contributed by atoms with Gasteiger partial charge in [-0.25, -0.2) is 0 Å². The molecule has 0 aliphatic heterocycles. The van der Waals surface area contributed by atoms with Gasteiger partial charge in [-0.15, -0.1) is 0 Å². The molecule has 4 rings (SSSR count). The van der Waals surface area contributed by atoms with Crippen molar-refractivity contribution in [2.45, 2.75) is 38.3 Å². The quantitative estimate of drug-likeness (QED) is 0.892. The highest BCUT2D eigenvalue weighted by molar-refractivity contribution is 5.36. The Hall–Kier alpha value is -1.02. The Morgan fingerprint density at radius 1 is 1.16 bits per heavy atom. The van der Waals surface area contributed by atoms with Crippen LogP contribution in [0.1, 0.15) is 37.8 Å². The Labute approximate surface area is 115 Å². The molecule has 102 valence electrons. The van der Waals surface area contributed by atoms with Crippen molar-refractivity contribution in [3.05, 3.63) is 29.8 Å². The largest absolute Gasteiger partial charge is 0.496 e. The standard InChI is InChI=1S/C17H23NO/c1-10(13-5-3-4-6-14(13)19-2)18-17-15-11-7-8-12(9-11)16(15)17/h3-6,10-12,15-18H,7-9H2,1-2H3. The van der Waals surface area contributed by atoms with Gasteiger partial charge in [-0.2, -0.15) is 0 Å². The molecule has 3 saturated carbocycles. The zero-order chi connectivity index (χ0) is 13.0. The molecule has 0 saturated heterocycles. The van der Waals surface area contributed by atoms with Gasteiger partial charge in [-0.05, 0) is 55.9 Å². The van der Waals surface area contributed by atoms with Gasteiger partial charge in [0.15, 0.2) is 0 Å². The Bertz CT molecular complexity index is 470. The summed E-state index contributed by atoms with van der Waals surface area (Å²) in [7, 11) is 1.76. The van der Waals surface area contributed by atoms with E-state index in [1.54, 1.807) is 7.11 Å². The highest BCUT2D eigenvalue weighted by atomic mass is 16.5. The topological polar surface area (TPSA) is 21.3 Å². The summed E-state index contributed by atoms with van der Waals surface area (Å²) in [6.45, 7) is 2.27. The highest BCUT2D eigenvalue weighted by Gasteiger charge is 2.64. The number of nitrogens with one attached hydrogen (secondary N) is 1. The fourth-order valence-corrected chi connectivity index (χ4v) is 4.95. The Morgan fingerprint density at radius 3 is 2.53 bits per heavy atom. The minimum absolute atomic E-state index is 0.395. The van der Waals surface area contributed by atoms with Crippen LogP contribution < -0.4 is 10.1 Å². The second-order valence-electron chi connectivity index (χ2n) is 6.64. The molecule has 1 aromatic rings. The molecule has 0 spiro atoms. The van der Waals surface area contributed by atoms with Crippen LogP contribution in [0, 0.1) is 23.7 Å². The first kappa shape index (κ1) is 11.8. The molecule has 3 fully saturated rings. The molecule has 19 heavy (non-hydrogen) atoms. The molecular formula is C17H23NO. The predicted molar refractivity (Wildman–Crippen MR) is 76.1 cm³/mol. The van der Waals surface area contributed by atoms with E-state index in [4.69, 9.17) is 4.74 Å². The predicted octanol–water partition coefficient (Wildman–Crippen LogP) is 3.39. The van der Waals surface area contributed by atoms with E-state index in [1.807, 2.05) is 6.07 Å². The normalized spacial score (nSPS) is 40.0. The summed E-state index contributed by atoms with van der Waals surface area (Å²) >= 11 is 0. The molecule has 2 nitrogen and oxygen atoms in total. The second kappa shape index (κ2) is 4.24. The average Bonchev–Trinajstić information content (AvgIpc) is 2.85. The molecule has 2 heteroatoms. The van der Waals surface area contributed by atoms with E-state index in [2.05, 4.69) is 30.4 Å². The van der Waals surface area contributed by atoms with Gasteiger partial charge in [-0.1, -0.05) is 18.2 Å². The number of hydrogen-bond acceptors (Lipinski definition) is 2. The number of methoxy groups -OCH3 is 1. The number of rotatable bonds is 4. The van der Waals surface area contributed by atoms with Crippen LogP contribution in [0.2, 0.25) is 0 Å². The van der Waals surface area contributed by atoms with Crippen LogP contribution in [0.3, 0.4) is 0 Å². The van der Waals surface area contributed by atoms with Crippen molar-refractivity contribution in [3.63, 3.8) is 0 Å². The monoisotopic (exact) mass is 257 g/mol.